The van der Waals surface area contributed by atoms with E-state index in [-0.39, 0.29) is 22.9 Å². The number of methoxy groups -OCH3 is 1. The van der Waals surface area contributed by atoms with E-state index in [1.807, 2.05) is 6.92 Å². The minimum absolute atomic E-state index is 0.0180. The first kappa shape index (κ1) is 19.7. The molecule has 6 nitrogen and oxygen atoms in total. The van der Waals surface area contributed by atoms with Gasteiger partial charge in [-0.3, -0.25) is 4.79 Å². The first-order valence-corrected chi connectivity index (χ1v) is 8.65. The van der Waals surface area contributed by atoms with E-state index in [1.54, 1.807) is 31.2 Å². The van der Waals surface area contributed by atoms with Crippen molar-refractivity contribution in [3.8, 4) is 17.0 Å². The molecule has 1 aromatic carbocycles. The molecule has 0 radical (unpaired) electrons. The monoisotopic (exact) mass is 392 g/mol. The van der Waals surface area contributed by atoms with E-state index in [0.717, 1.165) is 12.3 Å². The van der Waals surface area contributed by atoms with E-state index in [4.69, 9.17) is 4.74 Å². The molecule has 0 bridgehead atoms. The number of hydrogen-bond acceptors (Lipinski definition) is 4. The quantitative estimate of drug-likeness (QED) is 0.714. The van der Waals surface area contributed by atoms with Crippen LogP contribution in [0.15, 0.2) is 36.5 Å². The van der Waals surface area contributed by atoms with Gasteiger partial charge >= 0.3 is 6.18 Å². The van der Waals surface area contributed by atoms with Gasteiger partial charge in [-0.25, -0.2) is 9.50 Å². The highest BCUT2D eigenvalue weighted by atomic mass is 19.4. The van der Waals surface area contributed by atoms with Crippen molar-refractivity contribution >= 4 is 11.6 Å². The average Bonchev–Trinajstić information content (AvgIpc) is 3.10. The molecular formula is C19H19F3N4O2. The fourth-order valence-electron chi connectivity index (χ4n) is 2.66. The Bertz CT molecular complexity index is 1010. The number of alkyl halides is 3. The van der Waals surface area contributed by atoms with Gasteiger partial charge in [0.1, 0.15) is 11.3 Å². The lowest BCUT2D eigenvalue weighted by atomic mass is 10.1. The van der Waals surface area contributed by atoms with Gasteiger partial charge in [0.05, 0.1) is 19.0 Å². The Balaban J connectivity index is 2.20. The molecule has 1 atom stereocenters. The van der Waals surface area contributed by atoms with E-state index in [1.165, 1.54) is 7.11 Å². The predicted molar refractivity (Wildman–Crippen MR) is 97.2 cm³/mol. The second kappa shape index (κ2) is 7.49. The number of ether oxygens (including phenoxy) is 1. The molecule has 0 fully saturated rings. The molecule has 2 aromatic heterocycles. The smallest absolute Gasteiger partial charge is 0.433 e. The van der Waals surface area contributed by atoms with E-state index < -0.39 is 17.8 Å². The first-order chi connectivity index (χ1) is 13.2. The van der Waals surface area contributed by atoms with Crippen molar-refractivity contribution in [3.05, 3.63) is 47.8 Å². The zero-order valence-corrected chi connectivity index (χ0v) is 15.5. The highest BCUT2D eigenvalue weighted by Crippen LogP contribution is 2.33. The molecule has 0 aliphatic carbocycles. The van der Waals surface area contributed by atoms with Crippen LogP contribution in [-0.2, 0) is 6.18 Å². The molecule has 0 unspecified atom stereocenters. The Morgan fingerprint density at radius 1 is 1.32 bits per heavy atom. The molecule has 3 rings (SSSR count). The number of carbonyl (C=O) groups is 1. The van der Waals surface area contributed by atoms with Crippen molar-refractivity contribution in [1.29, 1.82) is 0 Å². The molecule has 1 N–H and O–H groups in total. The lowest BCUT2D eigenvalue weighted by Gasteiger charge is -2.13. The van der Waals surface area contributed by atoms with Crippen LogP contribution in [0.25, 0.3) is 16.9 Å². The molecule has 2 heterocycles. The van der Waals surface area contributed by atoms with Crippen LogP contribution in [0.2, 0.25) is 0 Å². The Morgan fingerprint density at radius 2 is 2.07 bits per heavy atom. The van der Waals surface area contributed by atoms with Crippen LogP contribution >= 0.6 is 0 Å². The van der Waals surface area contributed by atoms with Crippen molar-refractivity contribution in [2.75, 3.05) is 7.11 Å². The number of rotatable bonds is 5. The van der Waals surface area contributed by atoms with Gasteiger partial charge < -0.3 is 10.1 Å². The number of halogens is 3. The highest BCUT2D eigenvalue weighted by molar-refractivity contribution is 6.00. The molecule has 9 heteroatoms. The Hall–Kier alpha value is -3.10. The van der Waals surface area contributed by atoms with Gasteiger partial charge in [-0.1, -0.05) is 19.1 Å². The first-order valence-electron chi connectivity index (χ1n) is 8.65. The number of hydrogen-bond donors (Lipinski definition) is 1. The number of benzene rings is 1. The molecular weight excluding hydrogens is 373 g/mol. The second-order valence-corrected chi connectivity index (χ2v) is 6.33. The van der Waals surface area contributed by atoms with Crippen LogP contribution < -0.4 is 10.1 Å². The third-order valence-corrected chi connectivity index (χ3v) is 4.36. The van der Waals surface area contributed by atoms with Crippen molar-refractivity contribution < 1.29 is 22.7 Å². The molecule has 1 amide bonds. The third kappa shape index (κ3) is 3.78. The molecule has 0 aliphatic heterocycles. The summed E-state index contributed by atoms with van der Waals surface area (Å²) in [5.74, 6) is -0.0382. The zero-order chi connectivity index (χ0) is 20.5. The van der Waals surface area contributed by atoms with Crippen LogP contribution in [0.4, 0.5) is 13.2 Å². The van der Waals surface area contributed by atoms with E-state index in [2.05, 4.69) is 15.4 Å². The molecule has 0 spiro atoms. The Kier molecular flexibility index (Phi) is 5.26. The molecule has 28 heavy (non-hydrogen) atoms. The summed E-state index contributed by atoms with van der Waals surface area (Å²) in [5, 5.41) is 6.48. The van der Waals surface area contributed by atoms with E-state index in [0.29, 0.717) is 22.2 Å². The molecule has 148 valence electrons. The molecule has 0 saturated carbocycles. The summed E-state index contributed by atoms with van der Waals surface area (Å²) in [4.78, 5) is 16.8. The number of fused-ring (bicyclic) bond motifs is 1. The molecule has 0 aliphatic rings. The Labute approximate surface area is 159 Å². The third-order valence-electron chi connectivity index (χ3n) is 4.36. The van der Waals surface area contributed by atoms with Gasteiger partial charge in [0, 0.05) is 11.6 Å². The summed E-state index contributed by atoms with van der Waals surface area (Å²) in [7, 11) is 1.46. The van der Waals surface area contributed by atoms with Crippen molar-refractivity contribution in [2.24, 2.45) is 0 Å². The van der Waals surface area contributed by atoms with Gasteiger partial charge in [0.15, 0.2) is 11.3 Å². The summed E-state index contributed by atoms with van der Waals surface area (Å²) in [5.41, 5.74) is -0.694. The number of aromatic nitrogens is 3. The summed E-state index contributed by atoms with van der Waals surface area (Å²) in [6.45, 7) is 3.70. The fourth-order valence-corrected chi connectivity index (χ4v) is 2.66. The number of carbonyl (C=O) groups excluding carboxylic acids is 1. The lowest BCUT2D eigenvalue weighted by molar-refractivity contribution is -0.142. The minimum atomic E-state index is -4.68. The van der Waals surface area contributed by atoms with Crippen LogP contribution in [0.1, 0.15) is 36.3 Å². The van der Waals surface area contributed by atoms with Gasteiger partial charge in [-0.05, 0) is 31.5 Å². The fraction of sp³-hybridized carbons (Fsp3) is 0.316. The maximum atomic E-state index is 13.6. The van der Waals surface area contributed by atoms with Gasteiger partial charge in [0.2, 0.25) is 0 Å². The molecule has 3 aromatic rings. The average molecular weight is 392 g/mol. The SMILES string of the molecule is CC[C@H](C)NC(=O)c1cnn2c(C(F)(F)F)cc(-c3cccc(OC)c3)nc12. The predicted octanol–water partition coefficient (Wildman–Crippen LogP) is 3.95. The zero-order valence-electron chi connectivity index (χ0n) is 15.5. The number of amides is 1. The van der Waals surface area contributed by atoms with Crippen LogP contribution in [0, 0.1) is 0 Å². The second-order valence-electron chi connectivity index (χ2n) is 6.33. The summed E-state index contributed by atoms with van der Waals surface area (Å²) < 4.78 is 46.6. The van der Waals surface area contributed by atoms with Crippen LogP contribution in [-0.4, -0.2) is 33.7 Å². The maximum absolute atomic E-state index is 13.6. The van der Waals surface area contributed by atoms with Crippen molar-refractivity contribution in [1.82, 2.24) is 19.9 Å². The number of nitrogens with zero attached hydrogens (tertiary/aromatic N) is 3. The lowest BCUT2D eigenvalue weighted by Crippen LogP contribution is -2.32. The summed E-state index contributed by atoms with van der Waals surface area (Å²) in [6.07, 6.45) is -2.89. The standard InChI is InChI=1S/C19H19F3N4O2/c1-4-11(2)24-18(27)14-10-23-26-16(19(20,21)22)9-15(25-17(14)26)12-6-5-7-13(8-12)28-3/h5-11H,4H2,1-3H3,(H,24,27)/t11-/m0/s1. The van der Waals surface area contributed by atoms with Gasteiger partial charge in [-0.15, -0.1) is 0 Å². The van der Waals surface area contributed by atoms with Gasteiger partial charge in [0.25, 0.3) is 5.91 Å². The number of nitrogens with one attached hydrogen (secondary N) is 1. The van der Waals surface area contributed by atoms with Gasteiger partial charge in [-0.2, -0.15) is 18.3 Å². The Morgan fingerprint density at radius 3 is 2.71 bits per heavy atom. The minimum Gasteiger partial charge on any atom is -0.497 e. The summed E-state index contributed by atoms with van der Waals surface area (Å²) in [6, 6.07) is 7.30. The largest absolute Gasteiger partial charge is 0.497 e. The van der Waals surface area contributed by atoms with Crippen molar-refractivity contribution in [3.63, 3.8) is 0 Å². The summed E-state index contributed by atoms with van der Waals surface area (Å²) >= 11 is 0. The topological polar surface area (TPSA) is 68.5 Å². The van der Waals surface area contributed by atoms with E-state index in [9.17, 15) is 18.0 Å². The van der Waals surface area contributed by atoms with Crippen LogP contribution in [0.5, 0.6) is 5.75 Å². The maximum Gasteiger partial charge on any atom is 0.433 e. The van der Waals surface area contributed by atoms with Crippen LogP contribution in [0.3, 0.4) is 0 Å². The highest BCUT2D eigenvalue weighted by Gasteiger charge is 2.36. The molecule has 0 saturated heterocycles. The van der Waals surface area contributed by atoms with Crippen molar-refractivity contribution in [2.45, 2.75) is 32.5 Å². The normalized spacial score (nSPS) is 12.8. The van der Waals surface area contributed by atoms with E-state index >= 15 is 0 Å².